The highest BCUT2D eigenvalue weighted by molar-refractivity contribution is 5.94. The van der Waals surface area contributed by atoms with Crippen LogP contribution in [-0.2, 0) is 4.74 Å². The van der Waals surface area contributed by atoms with Crippen molar-refractivity contribution in [3.63, 3.8) is 0 Å². The minimum absolute atomic E-state index is 0.0639. The largest absolute Gasteiger partial charge is 0.478 e. The summed E-state index contributed by atoms with van der Waals surface area (Å²) in [6.07, 6.45) is 0.428. The predicted molar refractivity (Wildman–Crippen MR) is 68.9 cm³/mol. The summed E-state index contributed by atoms with van der Waals surface area (Å²) in [6.45, 7) is 0.644. The summed E-state index contributed by atoms with van der Waals surface area (Å²) in [5, 5.41) is 32.6. The van der Waals surface area contributed by atoms with Gasteiger partial charge in [-0.2, -0.15) is 0 Å². The third kappa shape index (κ3) is 3.03. The fourth-order valence-electron chi connectivity index (χ4n) is 1.97. The van der Waals surface area contributed by atoms with E-state index < -0.39 is 16.5 Å². The maximum atomic E-state index is 11.1. The summed E-state index contributed by atoms with van der Waals surface area (Å²) in [7, 11) is 0. The molecule has 1 aliphatic heterocycles. The minimum atomic E-state index is -1.20. The molecule has 0 spiro atoms. The van der Waals surface area contributed by atoms with Crippen molar-refractivity contribution < 1.29 is 24.7 Å². The van der Waals surface area contributed by atoms with Crippen LogP contribution in [0.4, 0.5) is 11.4 Å². The monoisotopic (exact) mass is 282 g/mol. The van der Waals surface area contributed by atoms with E-state index in [1.165, 1.54) is 0 Å². The van der Waals surface area contributed by atoms with E-state index in [0.29, 0.717) is 13.0 Å². The summed E-state index contributed by atoms with van der Waals surface area (Å²) >= 11 is 0. The van der Waals surface area contributed by atoms with Gasteiger partial charge in [-0.3, -0.25) is 10.1 Å². The lowest BCUT2D eigenvalue weighted by atomic mass is 10.0. The first-order valence-electron chi connectivity index (χ1n) is 5.97. The summed E-state index contributed by atoms with van der Waals surface area (Å²) < 4.78 is 5.07. The van der Waals surface area contributed by atoms with Crippen LogP contribution in [0.1, 0.15) is 16.8 Å². The number of aliphatic hydroxyl groups is 1. The average Bonchev–Trinajstić information content (AvgIpc) is 2.83. The molecule has 0 radical (unpaired) electrons. The van der Waals surface area contributed by atoms with E-state index in [-0.39, 0.29) is 30.1 Å². The van der Waals surface area contributed by atoms with Crippen molar-refractivity contribution in [3.8, 4) is 0 Å². The van der Waals surface area contributed by atoms with E-state index in [0.717, 1.165) is 18.2 Å². The molecule has 2 rings (SSSR count). The Bertz CT molecular complexity index is 539. The molecule has 20 heavy (non-hydrogen) atoms. The zero-order valence-corrected chi connectivity index (χ0v) is 10.5. The molecule has 8 nitrogen and oxygen atoms in total. The molecule has 0 bridgehead atoms. The molecule has 1 unspecified atom stereocenters. The lowest BCUT2D eigenvalue weighted by Gasteiger charge is -2.21. The molecule has 0 aliphatic carbocycles. The number of hydrogen-bond acceptors (Lipinski definition) is 6. The SMILES string of the molecule is O=C(O)c1ccc([N+](=O)[O-])cc1NCC1(O)CCOC1. The Morgan fingerprint density at radius 2 is 2.30 bits per heavy atom. The van der Waals surface area contributed by atoms with Crippen LogP contribution in [0.25, 0.3) is 0 Å². The van der Waals surface area contributed by atoms with Gasteiger partial charge >= 0.3 is 5.97 Å². The van der Waals surface area contributed by atoms with Gasteiger partial charge in [0.2, 0.25) is 0 Å². The van der Waals surface area contributed by atoms with Crippen LogP contribution in [0.2, 0.25) is 0 Å². The average molecular weight is 282 g/mol. The fourth-order valence-corrected chi connectivity index (χ4v) is 1.97. The van der Waals surface area contributed by atoms with Crippen molar-refractivity contribution in [2.75, 3.05) is 25.1 Å². The third-order valence-electron chi connectivity index (χ3n) is 3.13. The van der Waals surface area contributed by atoms with E-state index >= 15 is 0 Å². The lowest BCUT2D eigenvalue weighted by Crippen LogP contribution is -2.37. The van der Waals surface area contributed by atoms with E-state index in [1.807, 2.05) is 0 Å². The summed E-state index contributed by atoms with van der Waals surface area (Å²) in [5.41, 5.74) is -1.28. The molecule has 1 aliphatic rings. The molecule has 108 valence electrons. The molecule has 0 saturated carbocycles. The standard InChI is InChI=1S/C12H14N2O6/c15-11(16)9-2-1-8(14(18)19)5-10(9)13-6-12(17)3-4-20-7-12/h1-2,5,13,17H,3-4,6-7H2,(H,15,16). The number of rotatable bonds is 5. The molecule has 1 aromatic rings. The van der Waals surface area contributed by atoms with Gasteiger partial charge in [0.05, 0.1) is 22.8 Å². The first-order valence-corrected chi connectivity index (χ1v) is 5.97. The number of nitro groups is 1. The van der Waals surface area contributed by atoms with Crippen LogP contribution in [0.3, 0.4) is 0 Å². The molecule has 1 fully saturated rings. The summed E-state index contributed by atoms with van der Waals surface area (Å²) in [5.74, 6) is -1.20. The van der Waals surface area contributed by atoms with Crippen molar-refractivity contribution in [2.45, 2.75) is 12.0 Å². The van der Waals surface area contributed by atoms with E-state index in [9.17, 15) is 20.0 Å². The zero-order chi connectivity index (χ0) is 14.8. The summed E-state index contributed by atoms with van der Waals surface area (Å²) in [4.78, 5) is 21.2. The van der Waals surface area contributed by atoms with E-state index in [4.69, 9.17) is 9.84 Å². The fraction of sp³-hybridized carbons (Fsp3) is 0.417. The maximum Gasteiger partial charge on any atom is 0.337 e. The van der Waals surface area contributed by atoms with E-state index in [1.54, 1.807) is 0 Å². The molecule has 0 aromatic heterocycles. The first-order chi connectivity index (χ1) is 9.41. The van der Waals surface area contributed by atoms with Gasteiger partial charge in [0.25, 0.3) is 5.69 Å². The maximum absolute atomic E-state index is 11.1. The van der Waals surface area contributed by atoms with Gasteiger partial charge in [-0.25, -0.2) is 4.79 Å². The lowest BCUT2D eigenvalue weighted by molar-refractivity contribution is -0.384. The van der Waals surface area contributed by atoms with Crippen molar-refractivity contribution >= 4 is 17.3 Å². The molecule has 1 saturated heterocycles. The number of nitrogens with zero attached hydrogens (tertiary/aromatic N) is 1. The number of aromatic carboxylic acids is 1. The first kappa shape index (κ1) is 14.2. The number of nitrogens with one attached hydrogen (secondary N) is 1. The molecule has 1 atom stereocenters. The van der Waals surface area contributed by atoms with Crippen molar-refractivity contribution in [1.29, 1.82) is 0 Å². The van der Waals surface area contributed by atoms with Crippen LogP contribution < -0.4 is 5.32 Å². The molecule has 0 amide bonds. The highest BCUT2D eigenvalue weighted by Crippen LogP contribution is 2.25. The van der Waals surface area contributed by atoms with Gasteiger partial charge in [-0.1, -0.05) is 0 Å². The number of carboxylic acid groups (broad SMARTS) is 1. The van der Waals surface area contributed by atoms with Crippen LogP contribution in [0.5, 0.6) is 0 Å². The number of anilines is 1. The van der Waals surface area contributed by atoms with Gasteiger partial charge in [0, 0.05) is 31.7 Å². The Hall–Kier alpha value is -2.19. The highest BCUT2D eigenvalue weighted by atomic mass is 16.6. The topological polar surface area (TPSA) is 122 Å². The van der Waals surface area contributed by atoms with Gasteiger partial charge in [0.1, 0.15) is 5.60 Å². The van der Waals surface area contributed by atoms with Gasteiger partial charge in [-0.05, 0) is 6.07 Å². The number of non-ortho nitro benzene ring substituents is 1. The molecule has 3 N–H and O–H groups in total. The number of carbonyl (C=O) groups is 1. The summed E-state index contributed by atoms with van der Waals surface area (Å²) in [6, 6.07) is 3.43. The van der Waals surface area contributed by atoms with E-state index in [2.05, 4.69) is 5.32 Å². The smallest absolute Gasteiger partial charge is 0.337 e. The molecular formula is C12H14N2O6. The molecule has 1 heterocycles. The third-order valence-corrected chi connectivity index (χ3v) is 3.13. The van der Waals surface area contributed by atoms with Crippen LogP contribution >= 0.6 is 0 Å². The number of ether oxygens (including phenoxy) is 1. The van der Waals surface area contributed by atoms with Crippen LogP contribution in [0, 0.1) is 10.1 Å². The van der Waals surface area contributed by atoms with Crippen molar-refractivity contribution in [2.24, 2.45) is 0 Å². The number of hydrogen-bond donors (Lipinski definition) is 3. The normalized spacial score (nSPS) is 21.6. The zero-order valence-electron chi connectivity index (χ0n) is 10.5. The molecule has 8 heteroatoms. The van der Waals surface area contributed by atoms with Gasteiger partial charge < -0.3 is 20.3 Å². The van der Waals surface area contributed by atoms with Crippen LogP contribution in [-0.4, -0.2) is 46.5 Å². The predicted octanol–water partition coefficient (Wildman–Crippen LogP) is 0.856. The van der Waals surface area contributed by atoms with Crippen molar-refractivity contribution in [1.82, 2.24) is 0 Å². The number of carboxylic acids is 1. The number of nitro benzene ring substituents is 1. The Labute approximate surface area is 114 Å². The second kappa shape index (κ2) is 5.43. The minimum Gasteiger partial charge on any atom is -0.478 e. The second-order valence-corrected chi connectivity index (χ2v) is 4.67. The Balaban J connectivity index is 2.21. The van der Waals surface area contributed by atoms with Gasteiger partial charge in [0.15, 0.2) is 0 Å². The highest BCUT2D eigenvalue weighted by Gasteiger charge is 2.32. The van der Waals surface area contributed by atoms with Crippen molar-refractivity contribution in [3.05, 3.63) is 33.9 Å². The Kier molecular flexibility index (Phi) is 3.86. The second-order valence-electron chi connectivity index (χ2n) is 4.67. The Morgan fingerprint density at radius 1 is 1.55 bits per heavy atom. The molecular weight excluding hydrogens is 268 g/mol. The quantitative estimate of drug-likeness (QED) is 0.540. The Morgan fingerprint density at radius 3 is 2.85 bits per heavy atom. The van der Waals surface area contributed by atoms with Crippen LogP contribution in [0.15, 0.2) is 18.2 Å². The number of benzene rings is 1. The molecule has 1 aromatic carbocycles. The van der Waals surface area contributed by atoms with Gasteiger partial charge in [-0.15, -0.1) is 0 Å².